The minimum atomic E-state index is -4.61. The van der Waals surface area contributed by atoms with E-state index in [9.17, 15) is 81.0 Å². The average Bonchev–Trinajstić information content (AvgIpc) is 1.79. The van der Waals surface area contributed by atoms with Crippen LogP contribution in [-0.2, 0) is 46.0 Å². The predicted molar refractivity (Wildman–Crippen MR) is 495 cm³/mol. The molecule has 0 unspecified atom stereocenters. The Morgan fingerprint density at radius 2 is 0.971 bits per heavy atom. The molecule has 0 saturated carbocycles. The summed E-state index contributed by atoms with van der Waals surface area (Å²) >= 11 is 7.53. The third kappa shape index (κ3) is 24.4. The smallest absolute Gasteiger partial charge is 0.435 e. The van der Waals surface area contributed by atoms with Gasteiger partial charge in [-0.25, -0.2) is 65.6 Å². The number of pyridine rings is 2. The number of carbonyl (C=O) groups is 5. The van der Waals surface area contributed by atoms with Gasteiger partial charge in [0, 0.05) is 92.3 Å². The van der Waals surface area contributed by atoms with Gasteiger partial charge in [0.15, 0.2) is 34.5 Å². The summed E-state index contributed by atoms with van der Waals surface area (Å²) < 4.78 is 190. The van der Waals surface area contributed by atoms with Crippen molar-refractivity contribution in [2.24, 2.45) is 14.1 Å². The molecule has 5 amide bonds. The maximum absolute atomic E-state index is 13.9. The Balaban J connectivity index is 0.000000147. The highest BCUT2D eigenvalue weighted by Crippen LogP contribution is 2.37. The fraction of sp³-hybridized carbons (Fsp3) is 0.155. The topological polar surface area (TPSA) is 329 Å². The number of hydrogen-bond donors (Lipinski definition) is 5. The maximum Gasteiger partial charge on any atom is 0.435 e. The lowest BCUT2D eigenvalue weighted by Gasteiger charge is -2.09. The first kappa shape index (κ1) is 100. The van der Waals surface area contributed by atoms with Crippen molar-refractivity contribution in [3.8, 4) is 72.9 Å². The molecule has 42 heteroatoms. The number of fused-ring (bicyclic) bond motifs is 1. The minimum Gasteiger partial charge on any atom is -0.478 e. The summed E-state index contributed by atoms with van der Waals surface area (Å²) in [6.45, 7) is 14.2. The van der Waals surface area contributed by atoms with Crippen LogP contribution < -0.4 is 31.3 Å². The largest absolute Gasteiger partial charge is 0.478 e. The van der Waals surface area contributed by atoms with Crippen LogP contribution in [0.4, 0.5) is 85.9 Å². The fourth-order valence-electron chi connectivity index (χ4n) is 13.7. The van der Waals surface area contributed by atoms with Crippen LogP contribution in [0.2, 0.25) is 5.02 Å². The molecule has 10 heterocycles. The first-order chi connectivity index (χ1) is 66.4. The molecule has 0 aliphatic rings. The summed E-state index contributed by atoms with van der Waals surface area (Å²) in [5.74, 6) is -8.80. The second kappa shape index (κ2) is 43.9. The van der Waals surface area contributed by atoms with E-state index < -0.39 is 105 Å². The normalized spacial score (nSPS) is 11.1. The van der Waals surface area contributed by atoms with Gasteiger partial charge in [0.2, 0.25) is 5.88 Å². The number of thiazole rings is 1. The molecule has 0 saturated heterocycles. The van der Waals surface area contributed by atoms with Crippen LogP contribution in [0.1, 0.15) is 114 Å². The Kier molecular flexibility index (Phi) is 31.6. The molecule has 0 aliphatic carbocycles. The van der Waals surface area contributed by atoms with Gasteiger partial charge in [-0.2, -0.15) is 41.6 Å². The van der Waals surface area contributed by atoms with Crippen molar-refractivity contribution in [1.82, 2.24) is 73.8 Å². The zero-order chi connectivity index (χ0) is 99.8. The van der Waals surface area contributed by atoms with Gasteiger partial charge in [-0.1, -0.05) is 67.1 Å². The molecule has 0 radical (unpaired) electrons. The lowest BCUT2D eigenvalue weighted by Crippen LogP contribution is -2.17. The van der Waals surface area contributed by atoms with Crippen molar-refractivity contribution in [3.63, 3.8) is 0 Å². The highest BCUT2D eigenvalue weighted by Gasteiger charge is 2.37. The third-order valence-corrected chi connectivity index (χ3v) is 21.5. The Bertz CT molecular complexity index is 7240. The maximum atomic E-state index is 13.9. The van der Waals surface area contributed by atoms with Gasteiger partial charge in [0.05, 0.1) is 64.8 Å². The number of amides is 5. The lowest BCUT2D eigenvalue weighted by atomic mass is 10.0. The van der Waals surface area contributed by atoms with Crippen LogP contribution >= 0.6 is 22.9 Å². The van der Waals surface area contributed by atoms with Crippen LogP contribution in [0.3, 0.4) is 0 Å². The zero-order valence-electron chi connectivity index (χ0n) is 74.5. The number of oxazole rings is 1. The number of benzene rings is 7. The fourth-order valence-corrected chi connectivity index (χ4v) is 14.5. The Labute approximate surface area is 791 Å². The van der Waals surface area contributed by atoms with Gasteiger partial charge in [-0.3, -0.25) is 43.0 Å². The number of carbonyl (C=O) groups excluding carboxylic acids is 5. The second-order valence-electron chi connectivity index (χ2n) is 30.0. The van der Waals surface area contributed by atoms with Crippen molar-refractivity contribution in [3.05, 3.63) is 339 Å². The summed E-state index contributed by atoms with van der Waals surface area (Å²) in [5, 5.41) is 27.1. The van der Waals surface area contributed by atoms with Gasteiger partial charge in [0.1, 0.15) is 90.8 Å². The van der Waals surface area contributed by atoms with E-state index in [4.69, 9.17) is 20.8 Å². The first-order valence-electron chi connectivity index (χ1n) is 41.9. The standard InChI is InChI=1S/C22H17F2N3O2.C21H17FN4OS.C19H16F2N4O2.C18H14F5N5O.C17H14ClF3N4O/c1-3-20-26-17-10-14(12(2)9-18(17)29-20)13-7-8-19(25-11-13)27-22(28)21-15(23)5-4-6-16(21)24;1-2-26-19(13-18(25-26)21-23-11-12-28-21)14-7-9-15(10-8-14)24-20(27)16-5-3-4-6-17(16)22;1-3-27-17-7-11(2)12(8-24-17)15-9-23-16(10-22-15)25-19(26)18-13(20)5-4-6-14(18)21;1-3-28-13(6-14(27-28)18(21,22)23)12-7-25-15(8-24-12)26-17(29)16-10(19)4-9(2)5-11(16)20;1-24-8-7-12(18)15(24)16(26)22-11-5-3-10(4-6-11)13-9-14(17(19,20)21)23-25(13)2/h4-11H,3H2,1-2H3,(H,25,27,28);3-13H,2H2,1H3,(H,24,27);4-10H,3H2,1-2H3,(H,23,25,26);4-8H,3H2,1-2H3,(H,25,26,29);3-9H,1-2H3,(H,22,26). The minimum absolute atomic E-state index is 0.0173. The van der Waals surface area contributed by atoms with Crippen LogP contribution in [0.15, 0.2) is 235 Å². The van der Waals surface area contributed by atoms with Gasteiger partial charge in [0.25, 0.3) is 29.5 Å². The van der Waals surface area contributed by atoms with Crippen molar-refractivity contribution in [1.29, 1.82) is 0 Å². The molecular formula is C97H78ClF13N20O7S. The average molecular weight is 1950 g/mol. The van der Waals surface area contributed by atoms with Crippen molar-refractivity contribution < 1.29 is 90.2 Å². The van der Waals surface area contributed by atoms with Crippen molar-refractivity contribution in [2.75, 3.05) is 33.2 Å². The summed E-state index contributed by atoms with van der Waals surface area (Å²) in [5.41, 5.74) is 7.86. The molecule has 17 aromatic rings. The number of alkyl halides is 6. The molecule has 712 valence electrons. The SMILES string of the molecule is CCOc1cc(C)c(-c2cnc(NC(=O)c3c(F)cccc3F)cn2)cn1.CCc1nc2cc(-c3ccc(NC(=O)c4c(F)cccc4F)nc3)c(C)cc2o1.CCn1nc(-c2nccs2)cc1-c1ccc(NC(=O)c2ccccc2F)cc1.CCn1nc(C(F)(F)F)cc1-c1cnc(NC(=O)c2c(F)cc(C)cc2F)cn1.Cn1ccc(Cl)c1C(=O)Nc1ccc(-c2cc(C(F)(F)F)nn2C)cc1. The highest BCUT2D eigenvalue weighted by atomic mass is 35.5. The van der Waals surface area contributed by atoms with Gasteiger partial charge >= 0.3 is 12.4 Å². The van der Waals surface area contributed by atoms with Crippen LogP contribution in [0, 0.1) is 61.5 Å². The molecule has 7 aromatic carbocycles. The third-order valence-electron chi connectivity index (χ3n) is 20.4. The number of rotatable bonds is 21. The van der Waals surface area contributed by atoms with E-state index in [2.05, 4.69) is 81.8 Å². The predicted octanol–water partition coefficient (Wildman–Crippen LogP) is 22.7. The van der Waals surface area contributed by atoms with E-state index >= 15 is 0 Å². The molecule has 17 rings (SSSR count). The molecule has 0 fully saturated rings. The first-order valence-corrected chi connectivity index (χ1v) is 43.1. The number of aryl methyl sites for hydroxylation is 8. The lowest BCUT2D eigenvalue weighted by molar-refractivity contribution is -0.142. The van der Waals surface area contributed by atoms with E-state index in [0.717, 1.165) is 133 Å². The summed E-state index contributed by atoms with van der Waals surface area (Å²) in [7, 11) is 3.14. The van der Waals surface area contributed by atoms with Crippen LogP contribution in [-0.4, -0.2) is 110 Å². The van der Waals surface area contributed by atoms with E-state index in [1.807, 2.05) is 75.0 Å². The quantitative estimate of drug-likeness (QED) is 0.0417. The Morgan fingerprint density at radius 1 is 0.453 bits per heavy atom. The van der Waals surface area contributed by atoms with E-state index in [0.29, 0.717) is 69.4 Å². The summed E-state index contributed by atoms with van der Waals surface area (Å²) in [4.78, 5) is 94.3. The molecular weight excluding hydrogens is 1870 g/mol. The summed E-state index contributed by atoms with van der Waals surface area (Å²) in [6, 6.07) is 42.7. The molecule has 0 aliphatic heterocycles. The van der Waals surface area contributed by atoms with Gasteiger partial charge < -0.3 is 40.3 Å². The molecule has 139 heavy (non-hydrogen) atoms. The second-order valence-corrected chi connectivity index (χ2v) is 31.3. The van der Waals surface area contributed by atoms with E-state index in [1.54, 1.807) is 127 Å². The molecule has 27 nitrogen and oxygen atoms in total. The Hall–Kier alpha value is -16.5. The molecule has 5 N–H and O–H groups in total. The molecule has 10 aromatic heterocycles. The Morgan fingerprint density at radius 3 is 1.47 bits per heavy atom. The number of ether oxygens (including phenoxy) is 1. The van der Waals surface area contributed by atoms with Gasteiger partial charge in [-0.15, -0.1) is 11.3 Å². The molecule has 0 bridgehead atoms. The molecule has 0 spiro atoms. The highest BCUT2D eigenvalue weighted by molar-refractivity contribution is 7.13. The number of anilines is 5. The monoisotopic (exact) mass is 1950 g/mol. The number of nitrogens with one attached hydrogen (secondary N) is 5. The number of hydrogen-bond acceptors (Lipinski definition) is 19. The van der Waals surface area contributed by atoms with Crippen LogP contribution in [0.5, 0.6) is 5.88 Å². The number of nitrogens with zero attached hydrogens (tertiary/aromatic N) is 15. The number of halogens is 14. The van der Waals surface area contributed by atoms with Crippen molar-refractivity contribution >= 4 is 92.4 Å². The van der Waals surface area contributed by atoms with Crippen molar-refractivity contribution in [2.45, 2.75) is 80.3 Å². The molecule has 0 atom stereocenters. The van der Waals surface area contributed by atoms with E-state index in [-0.39, 0.29) is 46.9 Å². The van der Waals surface area contributed by atoms with Crippen LogP contribution in [0.25, 0.3) is 78.1 Å². The van der Waals surface area contributed by atoms with Gasteiger partial charge in [-0.05, 0) is 196 Å². The van der Waals surface area contributed by atoms with E-state index in [1.165, 1.54) is 55.3 Å². The zero-order valence-corrected chi connectivity index (χ0v) is 76.1. The summed E-state index contributed by atoms with van der Waals surface area (Å²) in [6.07, 6.45) is 3.18. The number of aromatic nitrogens is 15.